The smallest absolute Gasteiger partial charge is 0.268 e. The van der Waals surface area contributed by atoms with Crippen LogP contribution in [0.15, 0.2) is 71.6 Å². The zero-order chi connectivity index (χ0) is 21.6. The molecule has 1 N–H and O–H groups in total. The molecule has 0 fully saturated rings. The van der Waals surface area contributed by atoms with E-state index in [1.54, 1.807) is 11.8 Å². The molecular weight excluding hydrogens is 400 g/mol. The minimum atomic E-state index is -0.793. The van der Waals surface area contributed by atoms with Crippen molar-refractivity contribution in [1.82, 2.24) is 0 Å². The Morgan fingerprint density at radius 1 is 0.935 bits per heavy atom. The number of carbonyl (C=O) groups excluding carboxylic acids is 1. The van der Waals surface area contributed by atoms with E-state index < -0.39 is 4.87 Å². The van der Waals surface area contributed by atoms with Gasteiger partial charge in [-0.25, -0.2) is 0 Å². The fourth-order valence-electron chi connectivity index (χ4n) is 6.02. The van der Waals surface area contributed by atoms with Gasteiger partial charge in [0.25, 0.3) is 5.91 Å². The van der Waals surface area contributed by atoms with E-state index in [0.29, 0.717) is 0 Å². The van der Waals surface area contributed by atoms with Crippen molar-refractivity contribution < 1.29 is 4.79 Å². The van der Waals surface area contributed by atoms with Gasteiger partial charge in [-0.1, -0.05) is 78.8 Å². The second-order valence-electron chi connectivity index (χ2n) is 9.94. The molecule has 0 radical (unpaired) electrons. The van der Waals surface area contributed by atoms with Crippen molar-refractivity contribution in [2.75, 3.05) is 10.2 Å². The first kappa shape index (κ1) is 19.0. The van der Waals surface area contributed by atoms with Crippen LogP contribution in [-0.2, 0) is 15.1 Å². The molecule has 156 valence electrons. The number of hydrogen-bond acceptors (Lipinski definition) is 3. The lowest BCUT2D eigenvalue weighted by Crippen LogP contribution is -2.56. The number of nitrogens with zero attached hydrogens (tertiary/aromatic N) is 1. The maximum Gasteiger partial charge on any atom is 0.268 e. The van der Waals surface area contributed by atoms with E-state index in [0.717, 1.165) is 28.3 Å². The molecular formula is C27H26N2OS. The third kappa shape index (κ3) is 2.34. The van der Waals surface area contributed by atoms with Crippen LogP contribution in [0.5, 0.6) is 0 Å². The maximum absolute atomic E-state index is 14.2. The molecule has 3 aromatic rings. The van der Waals surface area contributed by atoms with Crippen LogP contribution < -0.4 is 10.2 Å². The average Bonchev–Trinajstić information content (AvgIpc) is 3.24. The van der Waals surface area contributed by atoms with Crippen LogP contribution in [0.25, 0.3) is 0 Å². The number of hydrogen-bond donors (Lipinski definition) is 1. The Morgan fingerprint density at radius 3 is 2.35 bits per heavy atom. The lowest BCUT2D eigenvalue weighted by molar-refractivity contribution is -0.120. The molecule has 3 aliphatic heterocycles. The SMILES string of the molecule is Cc1cc2c3c(c1)[C@]1(Nc4ccccc4S1)C(=O)N3C(C)(C)C[C@]2(C)c1ccccc1. The zero-order valence-corrected chi connectivity index (χ0v) is 19.1. The van der Waals surface area contributed by atoms with Crippen molar-refractivity contribution in [2.45, 2.75) is 54.8 Å². The van der Waals surface area contributed by atoms with Gasteiger partial charge in [0, 0.05) is 27.1 Å². The molecule has 3 heterocycles. The van der Waals surface area contributed by atoms with Crippen molar-refractivity contribution in [3.8, 4) is 0 Å². The van der Waals surface area contributed by atoms with Crippen LogP contribution in [0.1, 0.15) is 49.4 Å². The molecule has 2 atom stereocenters. The summed E-state index contributed by atoms with van der Waals surface area (Å²) >= 11 is 1.66. The summed E-state index contributed by atoms with van der Waals surface area (Å²) in [5.41, 5.74) is 6.53. The summed E-state index contributed by atoms with van der Waals surface area (Å²) in [4.78, 5) is 16.6. The Kier molecular flexibility index (Phi) is 3.65. The minimum absolute atomic E-state index is 0.149. The molecule has 3 aromatic carbocycles. The molecule has 1 amide bonds. The van der Waals surface area contributed by atoms with Gasteiger partial charge in [-0.15, -0.1) is 0 Å². The first-order chi connectivity index (χ1) is 14.8. The van der Waals surface area contributed by atoms with Crippen molar-refractivity contribution in [3.05, 3.63) is 89.0 Å². The first-order valence-corrected chi connectivity index (χ1v) is 11.7. The van der Waals surface area contributed by atoms with E-state index in [2.05, 4.69) is 92.5 Å². The van der Waals surface area contributed by atoms with Crippen molar-refractivity contribution in [2.24, 2.45) is 0 Å². The number of nitrogens with one attached hydrogen (secondary N) is 1. The molecule has 4 heteroatoms. The lowest BCUT2D eigenvalue weighted by atomic mass is 9.65. The van der Waals surface area contributed by atoms with E-state index in [-0.39, 0.29) is 16.9 Å². The number of para-hydroxylation sites is 1. The second kappa shape index (κ2) is 5.95. The predicted molar refractivity (Wildman–Crippen MR) is 128 cm³/mol. The summed E-state index contributed by atoms with van der Waals surface area (Å²) in [5.74, 6) is 0.149. The highest BCUT2D eigenvalue weighted by atomic mass is 32.2. The van der Waals surface area contributed by atoms with Crippen LogP contribution in [0.4, 0.5) is 11.4 Å². The predicted octanol–water partition coefficient (Wildman–Crippen LogP) is 6.20. The van der Waals surface area contributed by atoms with Crippen LogP contribution in [0, 0.1) is 6.92 Å². The molecule has 3 aliphatic rings. The first-order valence-electron chi connectivity index (χ1n) is 10.9. The normalized spacial score (nSPS) is 27.2. The highest BCUT2D eigenvalue weighted by Crippen LogP contribution is 2.63. The minimum Gasteiger partial charge on any atom is -0.358 e. The standard InChI is InChI=1S/C27H26N2OS/c1-17-14-19-23-20(15-17)27(28-21-12-8-9-13-22(21)31-27)24(30)29(23)25(2,3)16-26(19,4)18-10-6-5-7-11-18/h5-15,28H,16H2,1-4H3/t26-,27-/m1/s1. The average molecular weight is 427 g/mol. The summed E-state index contributed by atoms with van der Waals surface area (Å²) in [6.45, 7) is 8.92. The highest BCUT2D eigenvalue weighted by Gasteiger charge is 2.62. The van der Waals surface area contributed by atoms with Gasteiger partial charge in [0.2, 0.25) is 0 Å². The van der Waals surface area contributed by atoms with Gasteiger partial charge in [0.05, 0.1) is 5.69 Å². The van der Waals surface area contributed by atoms with Crippen LogP contribution in [0.3, 0.4) is 0 Å². The number of benzene rings is 3. The monoisotopic (exact) mass is 426 g/mol. The molecule has 0 bridgehead atoms. The van der Waals surface area contributed by atoms with Crippen molar-refractivity contribution >= 4 is 29.0 Å². The van der Waals surface area contributed by atoms with E-state index in [4.69, 9.17) is 0 Å². The van der Waals surface area contributed by atoms with Crippen molar-refractivity contribution in [3.63, 3.8) is 0 Å². The van der Waals surface area contributed by atoms with Gasteiger partial charge >= 0.3 is 0 Å². The van der Waals surface area contributed by atoms with Gasteiger partial charge in [-0.2, -0.15) is 0 Å². The van der Waals surface area contributed by atoms with Gasteiger partial charge in [0.15, 0.2) is 4.87 Å². The van der Waals surface area contributed by atoms with E-state index >= 15 is 0 Å². The molecule has 3 nitrogen and oxygen atoms in total. The molecule has 0 saturated carbocycles. The van der Waals surface area contributed by atoms with Crippen LogP contribution in [-0.4, -0.2) is 11.4 Å². The molecule has 0 aliphatic carbocycles. The van der Waals surface area contributed by atoms with Gasteiger partial charge in [-0.3, -0.25) is 4.79 Å². The number of thioether (sulfide) groups is 1. The number of rotatable bonds is 1. The third-order valence-corrected chi connectivity index (χ3v) is 8.60. The number of anilines is 2. The molecule has 0 saturated heterocycles. The fourth-order valence-corrected chi connectivity index (χ4v) is 7.33. The largest absolute Gasteiger partial charge is 0.358 e. The molecule has 0 unspecified atom stereocenters. The van der Waals surface area contributed by atoms with Gasteiger partial charge in [0.1, 0.15) is 0 Å². The van der Waals surface area contributed by atoms with Gasteiger partial charge < -0.3 is 10.2 Å². The maximum atomic E-state index is 14.2. The summed E-state index contributed by atoms with van der Waals surface area (Å²) in [6.07, 6.45) is 0.874. The van der Waals surface area contributed by atoms with Crippen LogP contribution >= 0.6 is 11.8 Å². The highest BCUT2D eigenvalue weighted by molar-refractivity contribution is 8.01. The summed E-state index contributed by atoms with van der Waals surface area (Å²) in [7, 11) is 0. The molecule has 0 aromatic heterocycles. The second-order valence-corrected chi connectivity index (χ2v) is 11.2. The molecule has 31 heavy (non-hydrogen) atoms. The number of amides is 1. The Hall–Kier alpha value is -2.72. The lowest BCUT2D eigenvalue weighted by Gasteiger charge is -2.50. The molecule has 1 spiro atoms. The third-order valence-electron chi connectivity index (χ3n) is 7.22. The Bertz CT molecular complexity index is 1220. The fraction of sp³-hybridized carbons (Fsp3) is 0.296. The Labute approximate surface area is 187 Å². The molecule has 6 rings (SSSR count). The summed E-state index contributed by atoms with van der Waals surface area (Å²) in [5, 5.41) is 3.64. The van der Waals surface area contributed by atoms with Crippen molar-refractivity contribution in [1.29, 1.82) is 0 Å². The number of aryl methyl sites for hydroxylation is 1. The zero-order valence-electron chi connectivity index (χ0n) is 18.3. The number of fused-ring (bicyclic) bond motifs is 2. The Morgan fingerprint density at radius 2 is 1.61 bits per heavy atom. The van der Waals surface area contributed by atoms with Gasteiger partial charge in [-0.05, 0) is 50.5 Å². The Balaban J connectivity index is 1.65. The number of carbonyl (C=O) groups is 1. The summed E-state index contributed by atoms with van der Waals surface area (Å²) < 4.78 is 0. The van der Waals surface area contributed by atoms with E-state index in [1.165, 1.54) is 16.7 Å². The summed E-state index contributed by atoms with van der Waals surface area (Å²) in [6, 6.07) is 23.5. The van der Waals surface area contributed by atoms with Crippen LogP contribution in [0.2, 0.25) is 0 Å². The topological polar surface area (TPSA) is 32.3 Å². The van der Waals surface area contributed by atoms with E-state index in [1.807, 2.05) is 12.1 Å². The quantitative estimate of drug-likeness (QED) is 0.503. The van der Waals surface area contributed by atoms with E-state index in [9.17, 15) is 4.79 Å².